The van der Waals surface area contributed by atoms with Crippen LogP contribution in [0.25, 0.3) is 21.9 Å². The molecule has 0 saturated heterocycles. The minimum absolute atomic E-state index is 0.0422. The molecular formula is C35H28N2O7. The topological polar surface area (TPSA) is 120 Å². The van der Waals surface area contributed by atoms with Crippen molar-refractivity contribution in [3.8, 4) is 17.2 Å². The minimum atomic E-state index is -1.08. The van der Waals surface area contributed by atoms with Crippen LogP contribution in [0.1, 0.15) is 16.9 Å². The molecule has 0 radical (unpaired) electrons. The third-order valence-electron chi connectivity index (χ3n) is 7.06. The van der Waals surface area contributed by atoms with Crippen LogP contribution >= 0.6 is 0 Å². The second kappa shape index (κ2) is 12.6. The number of hydrogen-bond donors (Lipinski definition) is 2. The number of hydrogen-bond acceptors (Lipinski definition) is 7. The second-order valence-electron chi connectivity index (χ2n) is 10.1. The first-order valence-corrected chi connectivity index (χ1v) is 14.0. The van der Waals surface area contributed by atoms with Crippen molar-refractivity contribution < 1.29 is 28.2 Å². The maximum Gasteiger partial charge on any atom is 0.408 e. The van der Waals surface area contributed by atoms with Gasteiger partial charge >= 0.3 is 12.1 Å². The molecule has 44 heavy (non-hydrogen) atoms. The molecule has 1 unspecified atom stereocenters. The Morgan fingerprint density at radius 2 is 1.59 bits per heavy atom. The van der Waals surface area contributed by atoms with Crippen molar-refractivity contribution in [1.82, 2.24) is 10.3 Å². The second-order valence-corrected chi connectivity index (χ2v) is 10.1. The first-order valence-electron chi connectivity index (χ1n) is 14.0. The van der Waals surface area contributed by atoms with Gasteiger partial charge in [-0.15, -0.1) is 0 Å². The van der Waals surface area contributed by atoms with E-state index in [0.29, 0.717) is 5.75 Å². The number of rotatable bonds is 9. The van der Waals surface area contributed by atoms with E-state index in [2.05, 4.69) is 10.3 Å². The van der Waals surface area contributed by atoms with Crippen molar-refractivity contribution in [2.75, 3.05) is 0 Å². The molecule has 9 nitrogen and oxygen atoms in total. The molecule has 0 saturated carbocycles. The molecule has 0 aliphatic carbocycles. The van der Waals surface area contributed by atoms with Gasteiger partial charge in [0, 0.05) is 29.6 Å². The van der Waals surface area contributed by atoms with Crippen molar-refractivity contribution in [1.29, 1.82) is 0 Å². The summed E-state index contributed by atoms with van der Waals surface area (Å²) in [5, 5.41) is 3.84. The Kier molecular flexibility index (Phi) is 8.09. The summed E-state index contributed by atoms with van der Waals surface area (Å²) in [5.41, 5.74) is 2.39. The molecule has 2 aromatic heterocycles. The number of para-hydroxylation sites is 2. The fraction of sp³-hybridized carbons (Fsp3) is 0.114. The number of esters is 1. The summed E-state index contributed by atoms with van der Waals surface area (Å²) in [6.45, 7) is 1.67. The highest BCUT2D eigenvalue weighted by Crippen LogP contribution is 2.28. The Bertz CT molecular complexity index is 2000. The molecule has 0 aliphatic heterocycles. The number of amides is 1. The molecule has 2 N–H and O–H groups in total. The highest BCUT2D eigenvalue weighted by atomic mass is 16.6. The molecule has 6 rings (SSSR count). The Hall–Kier alpha value is -5.83. The van der Waals surface area contributed by atoms with Crippen LogP contribution in [0.4, 0.5) is 4.79 Å². The van der Waals surface area contributed by atoms with Crippen LogP contribution in [0.15, 0.2) is 119 Å². The number of H-pyrrole nitrogens is 1. The highest BCUT2D eigenvalue weighted by molar-refractivity contribution is 5.87. The summed E-state index contributed by atoms with van der Waals surface area (Å²) in [6, 6.07) is 29.2. The van der Waals surface area contributed by atoms with Crippen LogP contribution < -0.4 is 20.2 Å². The summed E-state index contributed by atoms with van der Waals surface area (Å²) < 4.78 is 22.8. The fourth-order valence-corrected chi connectivity index (χ4v) is 4.86. The van der Waals surface area contributed by atoms with Gasteiger partial charge in [-0.1, -0.05) is 66.7 Å². The summed E-state index contributed by atoms with van der Waals surface area (Å²) in [7, 11) is 0. The van der Waals surface area contributed by atoms with E-state index in [1.807, 2.05) is 60.7 Å². The molecule has 4 aromatic carbocycles. The van der Waals surface area contributed by atoms with Crippen LogP contribution in [0.5, 0.6) is 17.2 Å². The largest absolute Gasteiger partial charge is 0.457 e. The summed E-state index contributed by atoms with van der Waals surface area (Å²) >= 11 is 0. The van der Waals surface area contributed by atoms with E-state index in [4.69, 9.17) is 18.6 Å². The Balaban J connectivity index is 1.23. The van der Waals surface area contributed by atoms with E-state index in [9.17, 15) is 14.4 Å². The van der Waals surface area contributed by atoms with Crippen molar-refractivity contribution in [2.45, 2.75) is 26.0 Å². The van der Waals surface area contributed by atoms with Gasteiger partial charge in [-0.25, -0.2) is 9.59 Å². The van der Waals surface area contributed by atoms with Crippen molar-refractivity contribution in [3.63, 3.8) is 0 Å². The lowest BCUT2D eigenvalue weighted by atomic mass is 10.1. The Labute approximate surface area is 252 Å². The third kappa shape index (κ3) is 6.32. The van der Waals surface area contributed by atoms with Crippen LogP contribution in [-0.2, 0) is 22.6 Å². The predicted molar refractivity (Wildman–Crippen MR) is 165 cm³/mol. The van der Waals surface area contributed by atoms with Gasteiger partial charge in [-0.05, 0) is 48.4 Å². The number of nitrogens with one attached hydrogen (secondary N) is 2. The van der Waals surface area contributed by atoms with E-state index >= 15 is 0 Å². The molecule has 0 aliphatic rings. The van der Waals surface area contributed by atoms with Crippen LogP contribution in [0, 0.1) is 6.92 Å². The van der Waals surface area contributed by atoms with Crippen molar-refractivity contribution >= 4 is 33.9 Å². The Morgan fingerprint density at radius 1 is 0.864 bits per heavy atom. The van der Waals surface area contributed by atoms with Gasteiger partial charge in [0.2, 0.25) is 11.2 Å². The predicted octanol–water partition coefficient (Wildman–Crippen LogP) is 6.82. The smallest absolute Gasteiger partial charge is 0.408 e. The molecule has 220 valence electrons. The summed E-state index contributed by atoms with van der Waals surface area (Å²) in [4.78, 5) is 42.7. The van der Waals surface area contributed by atoms with Gasteiger partial charge in [-0.3, -0.25) is 4.79 Å². The number of ether oxygens (including phenoxy) is 3. The number of aromatic amines is 1. The molecule has 0 fully saturated rings. The van der Waals surface area contributed by atoms with Gasteiger partial charge < -0.3 is 28.9 Å². The van der Waals surface area contributed by atoms with Crippen LogP contribution in [0.2, 0.25) is 0 Å². The van der Waals surface area contributed by atoms with Gasteiger partial charge in [0.25, 0.3) is 0 Å². The molecule has 1 amide bonds. The van der Waals surface area contributed by atoms with E-state index < -0.39 is 18.1 Å². The monoisotopic (exact) mass is 588 g/mol. The number of aryl methyl sites for hydroxylation is 1. The number of carbonyl (C=O) groups excluding carboxylic acids is 2. The zero-order valence-electron chi connectivity index (χ0n) is 23.7. The first-order chi connectivity index (χ1) is 21.4. The molecule has 0 spiro atoms. The molecule has 0 bridgehead atoms. The molecule has 6 aromatic rings. The first kappa shape index (κ1) is 28.3. The molecular weight excluding hydrogens is 560 g/mol. The fourth-order valence-electron chi connectivity index (χ4n) is 4.86. The zero-order chi connectivity index (χ0) is 30.5. The van der Waals surface area contributed by atoms with Gasteiger partial charge in [0.1, 0.15) is 35.5 Å². The van der Waals surface area contributed by atoms with Crippen molar-refractivity contribution in [2.24, 2.45) is 0 Å². The molecule has 2 heterocycles. The lowest BCUT2D eigenvalue weighted by molar-refractivity contribution is -0.136. The average molecular weight is 589 g/mol. The molecule has 1 atom stereocenters. The molecule has 9 heteroatoms. The summed E-state index contributed by atoms with van der Waals surface area (Å²) in [5.74, 6) is 0.281. The van der Waals surface area contributed by atoms with Gasteiger partial charge in [0.05, 0.1) is 5.39 Å². The normalized spacial score (nSPS) is 11.7. The number of carbonyl (C=O) groups is 2. The third-order valence-corrected chi connectivity index (χ3v) is 7.06. The standard InChI is InChI=1S/C35H28N2O7/c1-22-33(43-25-12-6-3-7-13-25)32(38)28-17-16-26(19-31(28)42-22)44-34(39)30(18-24-20-36-29-15-9-8-14-27(24)29)37-35(40)41-21-23-10-4-2-5-11-23/h2-17,19-20,30,36H,18,21H2,1H3,(H,37,40). The van der Waals surface area contributed by atoms with Crippen LogP contribution in [-0.4, -0.2) is 23.1 Å². The number of alkyl carbamates (subject to hydrolysis) is 1. The minimum Gasteiger partial charge on any atom is -0.457 e. The quantitative estimate of drug-likeness (QED) is 0.141. The van der Waals surface area contributed by atoms with E-state index in [-0.39, 0.29) is 46.7 Å². The van der Waals surface area contributed by atoms with Gasteiger partial charge in [0.15, 0.2) is 0 Å². The van der Waals surface area contributed by atoms with E-state index in [0.717, 1.165) is 22.0 Å². The van der Waals surface area contributed by atoms with Gasteiger partial charge in [-0.2, -0.15) is 0 Å². The lowest BCUT2D eigenvalue weighted by Crippen LogP contribution is -2.44. The summed E-state index contributed by atoms with van der Waals surface area (Å²) in [6.07, 6.45) is 1.18. The van der Waals surface area contributed by atoms with E-state index in [1.54, 1.807) is 37.4 Å². The number of benzene rings is 4. The zero-order valence-corrected chi connectivity index (χ0v) is 23.7. The Morgan fingerprint density at radius 3 is 2.39 bits per heavy atom. The lowest BCUT2D eigenvalue weighted by Gasteiger charge is -2.18. The number of aromatic nitrogens is 1. The van der Waals surface area contributed by atoms with Crippen LogP contribution in [0.3, 0.4) is 0 Å². The van der Waals surface area contributed by atoms with E-state index in [1.165, 1.54) is 18.2 Å². The number of fused-ring (bicyclic) bond motifs is 2. The maximum atomic E-state index is 13.5. The maximum absolute atomic E-state index is 13.5. The van der Waals surface area contributed by atoms with Crippen molar-refractivity contribution in [3.05, 3.63) is 136 Å². The average Bonchev–Trinajstić information content (AvgIpc) is 3.45. The SMILES string of the molecule is Cc1oc2cc(OC(=O)C(Cc3c[nH]c4ccccc34)NC(=O)OCc3ccccc3)ccc2c(=O)c1Oc1ccccc1. The highest BCUT2D eigenvalue weighted by Gasteiger charge is 2.26.